The molecule has 2 aromatic carbocycles. The summed E-state index contributed by atoms with van der Waals surface area (Å²) < 4.78 is 24.9. The van der Waals surface area contributed by atoms with Gasteiger partial charge in [0.15, 0.2) is 5.75 Å². The van der Waals surface area contributed by atoms with Gasteiger partial charge < -0.3 is 20.5 Å². The number of carbonyl (C=O) groups is 1. The molecule has 1 heterocycles. The number of hydrogen-bond acceptors (Lipinski definition) is 4. The van der Waals surface area contributed by atoms with Gasteiger partial charge in [0.2, 0.25) is 0 Å². The molecule has 1 saturated heterocycles. The van der Waals surface area contributed by atoms with Crippen molar-refractivity contribution in [1.82, 2.24) is 0 Å². The Morgan fingerprint density at radius 1 is 1.25 bits per heavy atom. The van der Waals surface area contributed by atoms with E-state index >= 15 is 0 Å². The molecule has 1 fully saturated rings. The molecule has 5 nitrogen and oxygen atoms in total. The van der Waals surface area contributed by atoms with Crippen molar-refractivity contribution in [3.63, 3.8) is 0 Å². The topological polar surface area (TPSA) is 73.6 Å². The van der Waals surface area contributed by atoms with Gasteiger partial charge in [0.05, 0.1) is 11.8 Å². The minimum atomic E-state index is -0.577. The number of rotatable bonds is 5. The second kappa shape index (κ2) is 7.42. The molecule has 0 radical (unpaired) electrons. The van der Waals surface area contributed by atoms with Crippen LogP contribution >= 0.6 is 0 Å². The number of para-hydroxylation sites is 1. The summed E-state index contributed by atoms with van der Waals surface area (Å²) in [7, 11) is 0. The van der Waals surface area contributed by atoms with E-state index in [-0.39, 0.29) is 17.7 Å². The zero-order valence-corrected chi connectivity index (χ0v) is 13.1. The van der Waals surface area contributed by atoms with Crippen LogP contribution in [0.4, 0.5) is 10.1 Å². The van der Waals surface area contributed by atoms with Gasteiger partial charge in [-0.15, -0.1) is 0 Å². The van der Waals surface area contributed by atoms with E-state index in [0.717, 1.165) is 6.42 Å². The van der Waals surface area contributed by atoms with Crippen molar-refractivity contribution in [3.8, 4) is 11.5 Å². The van der Waals surface area contributed by atoms with Crippen LogP contribution < -0.4 is 15.8 Å². The Hall–Kier alpha value is -2.44. The molecule has 0 saturated carbocycles. The summed E-state index contributed by atoms with van der Waals surface area (Å²) in [4.78, 5) is 12.3. The van der Waals surface area contributed by atoms with E-state index in [1.54, 1.807) is 12.1 Å². The smallest absolute Gasteiger partial charge is 0.253 e. The van der Waals surface area contributed by atoms with E-state index in [4.69, 9.17) is 15.2 Å². The summed E-state index contributed by atoms with van der Waals surface area (Å²) in [5.74, 6) is 0.177. The van der Waals surface area contributed by atoms with Crippen molar-refractivity contribution in [1.29, 1.82) is 0 Å². The third-order valence-electron chi connectivity index (χ3n) is 3.83. The number of anilines is 1. The summed E-state index contributed by atoms with van der Waals surface area (Å²) in [5.41, 5.74) is 5.82. The fourth-order valence-corrected chi connectivity index (χ4v) is 2.59. The van der Waals surface area contributed by atoms with Crippen LogP contribution in [0.15, 0.2) is 48.5 Å². The van der Waals surface area contributed by atoms with Gasteiger partial charge in [-0.25, -0.2) is 4.39 Å². The molecule has 1 aliphatic rings. The summed E-state index contributed by atoms with van der Waals surface area (Å²) >= 11 is 0. The molecule has 1 amide bonds. The average molecular weight is 330 g/mol. The van der Waals surface area contributed by atoms with Crippen molar-refractivity contribution >= 4 is 11.6 Å². The van der Waals surface area contributed by atoms with Crippen molar-refractivity contribution in [3.05, 3.63) is 54.3 Å². The van der Waals surface area contributed by atoms with E-state index in [2.05, 4.69) is 5.32 Å². The van der Waals surface area contributed by atoms with Crippen LogP contribution in [-0.4, -0.2) is 24.7 Å². The summed E-state index contributed by atoms with van der Waals surface area (Å²) in [6.45, 7) is 0.381. The highest BCUT2D eigenvalue weighted by molar-refractivity contribution is 5.95. The fourth-order valence-electron chi connectivity index (χ4n) is 2.59. The van der Waals surface area contributed by atoms with Gasteiger partial charge in [-0.1, -0.05) is 18.2 Å². The molecule has 6 heteroatoms. The maximum Gasteiger partial charge on any atom is 0.253 e. The van der Waals surface area contributed by atoms with Gasteiger partial charge in [-0.05, 0) is 37.1 Å². The average Bonchev–Trinajstić information content (AvgIpc) is 3.07. The fraction of sp³-hybridized carbons (Fsp3) is 0.278. The minimum Gasteiger partial charge on any atom is -0.455 e. The molecule has 2 aromatic rings. The van der Waals surface area contributed by atoms with Gasteiger partial charge in [-0.2, -0.15) is 0 Å². The number of amides is 1. The maximum atomic E-state index is 13.6. The van der Waals surface area contributed by atoms with Crippen molar-refractivity contribution in [2.75, 3.05) is 11.9 Å². The van der Waals surface area contributed by atoms with E-state index < -0.39 is 11.9 Å². The molecule has 1 aliphatic heterocycles. The van der Waals surface area contributed by atoms with Gasteiger partial charge in [0.25, 0.3) is 5.91 Å². The van der Waals surface area contributed by atoms with E-state index in [1.807, 2.05) is 18.2 Å². The number of hydrogen-bond donors (Lipinski definition) is 2. The molecule has 126 valence electrons. The van der Waals surface area contributed by atoms with Crippen LogP contribution in [0.25, 0.3) is 0 Å². The summed E-state index contributed by atoms with van der Waals surface area (Å²) in [6.07, 6.45) is 0.655. The first-order valence-electron chi connectivity index (χ1n) is 7.84. The third kappa shape index (κ3) is 3.90. The van der Waals surface area contributed by atoms with E-state index in [1.165, 1.54) is 18.2 Å². The predicted molar refractivity (Wildman–Crippen MR) is 88.5 cm³/mol. The third-order valence-corrected chi connectivity index (χ3v) is 3.83. The molecule has 0 bridgehead atoms. The molecule has 0 spiro atoms. The first-order chi connectivity index (χ1) is 11.7. The highest BCUT2D eigenvalue weighted by Gasteiger charge is 2.30. The van der Waals surface area contributed by atoms with Crippen LogP contribution in [-0.2, 0) is 9.53 Å². The van der Waals surface area contributed by atoms with Gasteiger partial charge in [0, 0.05) is 12.6 Å². The van der Waals surface area contributed by atoms with Crippen LogP contribution in [0, 0.1) is 5.82 Å². The number of nitrogens with two attached hydrogens (primary N) is 1. The van der Waals surface area contributed by atoms with Crippen molar-refractivity contribution in [2.45, 2.75) is 25.0 Å². The Balaban J connectivity index is 1.75. The lowest BCUT2D eigenvalue weighted by molar-refractivity contribution is -0.126. The first-order valence-corrected chi connectivity index (χ1v) is 7.84. The van der Waals surface area contributed by atoms with Crippen molar-refractivity contribution in [2.24, 2.45) is 5.73 Å². The number of carbonyl (C=O) groups excluding carboxylic acids is 1. The molecule has 0 unspecified atom stereocenters. The monoisotopic (exact) mass is 330 g/mol. The Morgan fingerprint density at radius 2 is 2.04 bits per heavy atom. The molecule has 0 aliphatic carbocycles. The van der Waals surface area contributed by atoms with Crippen LogP contribution in [0.3, 0.4) is 0 Å². The molecule has 2 atom stereocenters. The van der Waals surface area contributed by atoms with E-state index in [0.29, 0.717) is 24.5 Å². The van der Waals surface area contributed by atoms with Crippen LogP contribution in [0.5, 0.6) is 11.5 Å². The van der Waals surface area contributed by atoms with Crippen LogP contribution in [0.2, 0.25) is 0 Å². The van der Waals surface area contributed by atoms with Gasteiger partial charge in [-0.3, -0.25) is 4.79 Å². The molecular formula is C18H19FN2O3. The maximum absolute atomic E-state index is 13.6. The normalized spacial score (nSPS) is 19.9. The van der Waals surface area contributed by atoms with Crippen molar-refractivity contribution < 1.29 is 18.7 Å². The molecule has 24 heavy (non-hydrogen) atoms. The molecule has 3 rings (SSSR count). The molecular weight excluding hydrogens is 311 g/mol. The Labute approximate surface area is 139 Å². The lowest BCUT2D eigenvalue weighted by Crippen LogP contribution is -2.29. The number of benzene rings is 2. The highest BCUT2D eigenvalue weighted by atomic mass is 19.1. The summed E-state index contributed by atoms with van der Waals surface area (Å²) in [6, 6.07) is 13.1. The van der Waals surface area contributed by atoms with Gasteiger partial charge >= 0.3 is 0 Å². The highest BCUT2D eigenvalue weighted by Crippen LogP contribution is 2.31. The largest absolute Gasteiger partial charge is 0.455 e. The summed E-state index contributed by atoms with van der Waals surface area (Å²) in [5, 5.41) is 2.69. The zero-order chi connectivity index (χ0) is 16.9. The Kier molecular flexibility index (Phi) is 5.08. The number of nitrogens with one attached hydrogen (secondary N) is 1. The van der Waals surface area contributed by atoms with Crippen LogP contribution in [0.1, 0.15) is 12.8 Å². The number of ether oxygens (including phenoxy) is 2. The Morgan fingerprint density at radius 3 is 2.75 bits per heavy atom. The molecule has 3 N–H and O–H groups in total. The second-order valence-electron chi connectivity index (χ2n) is 5.60. The van der Waals surface area contributed by atoms with Gasteiger partial charge in [0.1, 0.15) is 17.7 Å². The minimum absolute atomic E-state index is 0.103. The number of halogens is 1. The lowest BCUT2D eigenvalue weighted by Gasteiger charge is -2.15. The lowest BCUT2D eigenvalue weighted by atomic mass is 10.2. The molecule has 0 aromatic heterocycles. The van der Waals surface area contributed by atoms with E-state index in [9.17, 15) is 9.18 Å². The SMILES string of the molecule is NC[C@H]1CC[C@@H](C(=O)Nc2cc(F)ccc2Oc2ccccc2)O1. The Bertz CT molecular complexity index is 709. The predicted octanol–water partition coefficient (Wildman–Crippen LogP) is 3.06. The second-order valence-corrected chi connectivity index (χ2v) is 5.60. The standard InChI is InChI=1S/C18H19FN2O3/c19-12-6-8-16(23-13-4-2-1-3-5-13)15(10-12)21-18(22)17-9-7-14(11-20)24-17/h1-6,8,10,14,17H,7,9,11,20H2,(H,21,22)/t14-,17+/m1/s1. The first kappa shape index (κ1) is 16.4. The zero-order valence-electron chi connectivity index (χ0n) is 13.1. The quantitative estimate of drug-likeness (QED) is 0.884.